The number of carbonyl (C=O) groups is 1. The van der Waals surface area contributed by atoms with E-state index in [1.807, 2.05) is 37.3 Å². The Balaban J connectivity index is 1.62. The van der Waals surface area contributed by atoms with Crippen LogP contribution in [0.4, 0.5) is 5.13 Å². The van der Waals surface area contributed by atoms with Gasteiger partial charge in [0.15, 0.2) is 16.6 Å². The quantitative estimate of drug-likeness (QED) is 0.413. The van der Waals surface area contributed by atoms with Crippen LogP contribution < -0.4 is 14.4 Å². The molecule has 0 saturated heterocycles. The molecule has 0 aliphatic carbocycles. The fourth-order valence-corrected chi connectivity index (χ4v) is 4.91. The predicted octanol–water partition coefficient (Wildman–Crippen LogP) is 5.38. The molecular weight excluding hydrogens is 446 g/mol. The molecule has 1 aliphatic heterocycles. The highest BCUT2D eigenvalue weighted by molar-refractivity contribution is 7.23. The zero-order valence-electron chi connectivity index (χ0n) is 18.4. The van der Waals surface area contributed by atoms with Crippen LogP contribution in [0.15, 0.2) is 36.4 Å². The lowest BCUT2D eigenvalue weighted by Gasteiger charge is -2.23. The molecule has 0 N–H and O–H groups in total. The first-order valence-electron chi connectivity index (χ1n) is 10.7. The number of ether oxygens (including phenoxy) is 2. The largest absolute Gasteiger partial charge is 0.454 e. The van der Waals surface area contributed by atoms with Gasteiger partial charge in [-0.3, -0.25) is 9.69 Å². The first kappa shape index (κ1) is 22.6. The number of rotatable bonds is 8. The van der Waals surface area contributed by atoms with Crippen LogP contribution in [0.5, 0.6) is 11.5 Å². The minimum atomic E-state index is -0.123. The Labute approximate surface area is 197 Å². The van der Waals surface area contributed by atoms with Crippen LogP contribution in [-0.4, -0.2) is 48.8 Å². The van der Waals surface area contributed by atoms with Crippen LogP contribution in [0.3, 0.4) is 0 Å². The summed E-state index contributed by atoms with van der Waals surface area (Å²) < 4.78 is 11.7. The molecule has 4 rings (SSSR count). The molecule has 168 valence electrons. The predicted molar refractivity (Wildman–Crippen MR) is 131 cm³/mol. The number of thiazole rings is 1. The Bertz CT molecular complexity index is 1120. The summed E-state index contributed by atoms with van der Waals surface area (Å²) in [4.78, 5) is 22.1. The van der Waals surface area contributed by atoms with Crippen molar-refractivity contribution in [1.29, 1.82) is 0 Å². The first-order valence-corrected chi connectivity index (χ1v) is 11.9. The van der Waals surface area contributed by atoms with Crippen LogP contribution in [-0.2, 0) is 4.79 Å². The molecule has 1 aliphatic rings. The minimum absolute atomic E-state index is 0.123. The number of carbonyl (C=O) groups excluding carboxylic acids is 1. The molecule has 0 unspecified atom stereocenters. The van der Waals surface area contributed by atoms with E-state index in [1.165, 1.54) is 11.3 Å². The Hall–Kier alpha value is -2.61. The number of amides is 1. The number of nitrogens with zero attached hydrogens (tertiary/aromatic N) is 3. The number of halogens is 1. The fraction of sp³-hybridized carbons (Fsp3) is 0.333. The summed E-state index contributed by atoms with van der Waals surface area (Å²) in [5.74, 6) is 1.29. The molecule has 0 atom stereocenters. The van der Waals surface area contributed by atoms with Crippen molar-refractivity contribution in [3.8, 4) is 11.5 Å². The number of hydrogen-bond acceptors (Lipinski definition) is 6. The van der Waals surface area contributed by atoms with Crippen LogP contribution in [0.25, 0.3) is 16.3 Å². The molecule has 0 bridgehead atoms. The van der Waals surface area contributed by atoms with E-state index in [9.17, 15) is 4.79 Å². The molecule has 2 heterocycles. The molecule has 1 amide bonds. The van der Waals surface area contributed by atoms with Crippen LogP contribution >= 0.6 is 22.9 Å². The molecule has 32 heavy (non-hydrogen) atoms. The summed E-state index contributed by atoms with van der Waals surface area (Å²) in [5.41, 5.74) is 2.76. The number of fused-ring (bicyclic) bond motifs is 2. The van der Waals surface area contributed by atoms with Gasteiger partial charge in [-0.25, -0.2) is 4.98 Å². The second kappa shape index (κ2) is 9.90. The number of likely N-dealkylation sites (N-methyl/N-ethyl adjacent to an activating group) is 1. The van der Waals surface area contributed by atoms with Gasteiger partial charge in [0.2, 0.25) is 6.79 Å². The molecule has 0 radical (unpaired) electrons. The molecule has 6 nitrogen and oxygen atoms in total. The second-order valence-corrected chi connectivity index (χ2v) is 8.89. The van der Waals surface area contributed by atoms with Crippen LogP contribution in [0.1, 0.15) is 25.0 Å². The highest BCUT2D eigenvalue weighted by Crippen LogP contribution is 2.36. The Kier molecular flexibility index (Phi) is 6.98. The molecule has 3 aromatic rings. The van der Waals surface area contributed by atoms with Gasteiger partial charge in [0.05, 0.1) is 15.2 Å². The van der Waals surface area contributed by atoms with Crippen molar-refractivity contribution >= 4 is 50.3 Å². The Morgan fingerprint density at radius 3 is 2.69 bits per heavy atom. The van der Waals surface area contributed by atoms with E-state index in [-0.39, 0.29) is 12.7 Å². The van der Waals surface area contributed by atoms with Crippen LogP contribution in [0.2, 0.25) is 5.02 Å². The van der Waals surface area contributed by atoms with Crippen molar-refractivity contribution in [1.82, 2.24) is 9.88 Å². The number of anilines is 1. The second-order valence-electron chi connectivity index (χ2n) is 7.50. The van der Waals surface area contributed by atoms with E-state index in [2.05, 4.69) is 18.7 Å². The Morgan fingerprint density at radius 1 is 1.16 bits per heavy atom. The van der Waals surface area contributed by atoms with E-state index >= 15 is 0 Å². The van der Waals surface area contributed by atoms with E-state index in [0.29, 0.717) is 22.4 Å². The molecule has 2 aromatic carbocycles. The normalized spacial score (nSPS) is 12.9. The lowest BCUT2D eigenvalue weighted by Crippen LogP contribution is -2.38. The van der Waals surface area contributed by atoms with Gasteiger partial charge in [0.1, 0.15) is 0 Å². The molecule has 1 aromatic heterocycles. The average Bonchev–Trinajstić information content (AvgIpc) is 3.45. The summed E-state index contributed by atoms with van der Waals surface area (Å²) in [6.07, 6.45) is 3.38. The van der Waals surface area contributed by atoms with Crippen molar-refractivity contribution in [3.05, 3.63) is 52.6 Å². The topological polar surface area (TPSA) is 54.9 Å². The average molecular weight is 472 g/mol. The van der Waals surface area contributed by atoms with Gasteiger partial charge in [0, 0.05) is 19.2 Å². The van der Waals surface area contributed by atoms with Crippen molar-refractivity contribution in [2.45, 2.75) is 20.8 Å². The summed E-state index contributed by atoms with van der Waals surface area (Å²) in [6, 6.07) is 9.45. The highest BCUT2D eigenvalue weighted by Gasteiger charge is 2.20. The van der Waals surface area contributed by atoms with E-state index in [0.717, 1.165) is 46.7 Å². The molecule has 0 saturated carbocycles. The maximum absolute atomic E-state index is 13.3. The van der Waals surface area contributed by atoms with Crippen LogP contribution in [0, 0.1) is 6.92 Å². The number of hydrogen-bond donors (Lipinski definition) is 0. The van der Waals surface area contributed by atoms with Gasteiger partial charge in [-0.15, -0.1) is 0 Å². The fourth-order valence-electron chi connectivity index (χ4n) is 3.56. The van der Waals surface area contributed by atoms with Gasteiger partial charge in [-0.05, 0) is 55.4 Å². The lowest BCUT2D eigenvalue weighted by atomic mass is 10.2. The maximum Gasteiger partial charge on any atom is 0.252 e. The molecule has 8 heteroatoms. The van der Waals surface area contributed by atoms with Gasteiger partial charge >= 0.3 is 0 Å². The summed E-state index contributed by atoms with van der Waals surface area (Å²) >= 11 is 7.86. The summed E-state index contributed by atoms with van der Waals surface area (Å²) in [6.45, 7) is 9.63. The third kappa shape index (κ3) is 4.75. The van der Waals surface area contributed by atoms with Gasteiger partial charge < -0.3 is 14.4 Å². The number of aromatic nitrogens is 1. The zero-order chi connectivity index (χ0) is 22.7. The van der Waals surface area contributed by atoms with Gasteiger partial charge in [-0.1, -0.05) is 48.9 Å². The van der Waals surface area contributed by atoms with Gasteiger partial charge in [-0.2, -0.15) is 0 Å². The minimum Gasteiger partial charge on any atom is -0.454 e. The molecule has 0 fully saturated rings. The van der Waals surface area contributed by atoms with Gasteiger partial charge in [0.25, 0.3) is 5.91 Å². The maximum atomic E-state index is 13.3. The lowest BCUT2D eigenvalue weighted by molar-refractivity contribution is -0.114. The van der Waals surface area contributed by atoms with Crippen molar-refractivity contribution in [2.75, 3.05) is 37.9 Å². The van der Waals surface area contributed by atoms with E-state index < -0.39 is 0 Å². The Morgan fingerprint density at radius 2 is 1.94 bits per heavy atom. The van der Waals surface area contributed by atoms with Crippen molar-refractivity contribution in [3.63, 3.8) is 0 Å². The highest BCUT2D eigenvalue weighted by atomic mass is 35.5. The zero-order valence-corrected chi connectivity index (χ0v) is 20.0. The number of benzene rings is 2. The molecular formula is C24H26ClN3O3S. The molecule has 0 spiro atoms. The third-order valence-electron chi connectivity index (χ3n) is 5.53. The standard InChI is InChI=1S/C24H26ClN3O3S/c1-4-27(5-2)12-13-28(24-26-22-16(3)6-9-18(25)23(22)32-24)21(29)11-8-17-7-10-19-20(14-17)31-15-30-19/h6-11,14H,4-5,12-13,15H2,1-3H3/b11-8+. The van der Waals surface area contributed by atoms with Crippen molar-refractivity contribution < 1.29 is 14.3 Å². The summed E-state index contributed by atoms with van der Waals surface area (Å²) in [7, 11) is 0. The third-order valence-corrected chi connectivity index (χ3v) is 7.07. The van der Waals surface area contributed by atoms with Crippen molar-refractivity contribution in [2.24, 2.45) is 0 Å². The summed E-state index contributed by atoms with van der Waals surface area (Å²) in [5, 5.41) is 1.31. The van der Waals surface area contributed by atoms with E-state index in [4.69, 9.17) is 26.1 Å². The smallest absolute Gasteiger partial charge is 0.252 e. The first-order chi connectivity index (χ1) is 15.5. The number of aryl methyl sites for hydroxylation is 1. The van der Waals surface area contributed by atoms with E-state index in [1.54, 1.807) is 17.1 Å². The SMILES string of the molecule is CCN(CC)CCN(C(=O)/C=C/c1ccc2c(c1)OCO2)c1nc2c(C)ccc(Cl)c2s1. The monoisotopic (exact) mass is 471 g/mol.